The number of alkyl halides is 3. The Morgan fingerprint density at radius 1 is 0.845 bits per heavy atom. The molecule has 7 N–H and O–H groups in total. The number of aliphatic carboxylic acids is 1. The number of aromatic nitrogens is 6. The summed E-state index contributed by atoms with van der Waals surface area (Å²) in [6.07, 6.45) is 1.56. The molecule has 14 nitrogen and oxygen atoms in total. The lowest BCUT2D eigenvalue weighted by atomic mass is 10.1. The summed E-state index contributed by atoms with van der Waals surface area (Å²) in [7, 11) is 0. The fourth-order valence-corrected chi connectivity index (χ4v) is 6.33. The smallest absolute Gasteiger partial charge is 0.475 e. The molecule has 0 saturated carbocycles. The van der Waals surface area contributed by atoms with Gasteiger partial charge < -0.3 is 31.9 Å². The van der Waals surface area contributed by atoms with Crippen molar-refractivity contribution in [3.63, 3.8) is 0 Å². The highest BCUT2D eigenvalue weighted by molar-refractivity contribution is 6.37. The minimum atomic E-state index is -5.08. The molecule has 0 radical (unpaired) electrons. The molecule has 0 fully saturated rings. The van der Waals surface area contributed by atoms with Crippen LogP contribution in [0.1, 0.15) is 33.5 Å². The Labute approximate surface area is 350 Å². The van der Waals surface area contributed by atoms with Crippen molar-refractivity contribution in [2.45, 2.75) is 57.9 Å². The molecule has 2 unspecified atom stereocenters. The van der Waals surface area contributed by atoms with Crippen LogP contribution in [0.5, 0.6) is 0 Å². The Hall–Kier alpha value is -4.91. The number of rotatable bonds is 9. The second-order valence-electron chi connectivity index (χ2n) is 13.7. The summed E-state index contributed by atoms with van der Waals surface area (Å²) < 4.78 is 35.5. The summed E-state index contributed by atoms with van der Waals surface area (Å²) in [4.78, 5) is 40.0. The maximum absolute atomic E-state index is 11.7. The van der Waals surface area contributed by atoms with Crippen molar-refractivity contribution in [3.8, 4) is 22.5 Å². The Bertz CT molecular complexity index is 2390. The lowest BCUT2D eigenvalue weighted by molar-refractivity contribution is -0.192. The molecule has 6 rings (SSSR count). The highest BCUT2D eigenvalue weighted by Gasteiger charge is 2.38. The molecular formula is C37H39Cl4F3N10O4. The van der Waals surface area contributed by atoms with E-state index in [4.69, 9.17) is 72.8 Å². The fourth-order valence-electron chi connectivity index (χ4n) is 5.32. The van der Waals surface area contributed by atoms with Gasteiger partial charge in [0.2, 0.25) is 5.95 Å². The van der Waals surface area contributed by atoms with Gasteiger partial charge in [-0.25, -0.2) is 29.5 Å². The first-order chi connectivity index (χ1) is 27.1. The Morgan fingerprint density at radius 3 is 1.78 bits per heavy atom. The summed E-state index contributed by atoms with van der Waals surface area (Å²) >= 11 is 24.6. The molecule has 58 heavy (non-hydrogen) atoms. The van der Waals surface area contributed by atoms with Crippen molar-refractivity contribution >= 4 is 75.7 Å². The molecule has 2 atom stereocenters. The number of nitrogens with one attached hydrogen (secondary N) is 1. The molecule has 0 spiro atoms. The molecule has 4 aromatic heterocycles. The van der Waals surface area contributed by atoms with Crippen LogP contribution in [-0.2, 0) is 11.2 Å². The third-order valence-electron chi connectivity index (χ3n) is 8.13. The first-order valence-corrected chi connectivity index (χ1v) is 18.7. The van der Waals surface area contributed by atoms with Crippen molar-refractivity contribution in [1.29, 1.82) is 0 Å². The minimum Gasteiger partial charge on any atom is -0.475 e. The molecular weight excluding hydrogens is 847 g/mol. The molecule has 4 heterocycles. The third kappa shape index (κ3) is 12.1. The Kier molecular flexibility index (Phi) is 15.2. The van der Waals surface area contributed by atoms with Gasteiger partial charge in [-0.15, -0.1) is 0 Å². The molecule has 0 bridgehead atoms. The first-order valence-electron chi connectivity index (χ1n) is 17.2. The number of amides is 1. The van der Waals surface area contributed by atoms with Crippen molar-refractivity contribution in [3.05, 3.63) is 99.2 Å². The van der Waals surface area contributed by atoms with Crippen LogP contribution in [0.3, 0.4) is 0 Å². The topological polar surface area (TPSA) is 202 Å². The monoisotopic (exact) mass is 884 g/mol. The average Bonchev–Trinajstić information content (AvgIpc) is 3.80. The van der Waals surface area contributed by atoms with Crippen LogP contribution in [0.2, 0.25) is 20.1 Å². The number of nitrogens with zero attached hydrogens (tertiary/aromatic N) is 7. The SMILES string of the molecule is CC(CN(C(=O)O)C(C)(C)C)Nc1nc(-c2ccc(Cl)cc2Cl)cc2nccn12.NCC(N)Cc1nc(-c2ccc(Cl)cc2Cl)cc2nccn12.O=C(O)C(F)(F)F. The molecule has 0 aliphatic carbocycles. The number of fused-ring (bicyclic) bond motifs is 2. The van der Waals surface area contributed by atoms with Gasteiger partial charge in [-0.1, -0.05) is 46.4 Å². The molecule has 6 aromatic rings. The van der Waals surface area contributed by atoms with Crippen LogP contribution < -0.4 is 16.8 Å². The number of carboxylic acid groups (broad SMARTS) is 2. The normalized spacial score (nSPS) is 12.6. The summed E-state index contributed by atoms with van der Waals surface area (Å²) in [5, 5.41) is 22.1. The predicted octanol–water partition coefficient (Wildman–Crippen LogP) is 8.45. The second kappa shape index (κ2) is 19.2. The molecule has 21 heteroatoms. The zero-order valence-electron chi connectivity index (χ0n) is 31.3. The number of carboxylic acids is 1. The van der Waals surface area contributed by atoms with Crippen LogP contribution in [0.4, 0.5) is 23.9 Å². The van der Waals surface area contributed by atoms with E-state index in [9.17, 15) is 23.1 Å². The van der Waals surface area contributed by atoms with Crippen LogP contribution >= 0.6 is 46.4 Å². The van der Waals surface area contributed by atoms with Gasteiger partial charge >= 0.3 is 18.2 Å². The number of hydrogen-bond donors (Lipinski definition) is 5. The van der Waals surface area contributed by atoms with Crippen LogP contribution in [-0.4, -0.2) is 92.8 Å². The van der Waals surface area contributed by atoms with Crippen molar-refractivity contribution in [2.24, 2.45) is 11.5 Å². The summed E-state index contributed by atoms with van der Waals surface area (Å²) in [6, 6.07) is 13.9. The van der Waals surface area contributed by atoms with Crippen LogP contribution in [0, 0.1) is 0 Å². The Balaban J connectivity index is 0.000000226. The fraction of sp³-hybridized carbons (Fsp3) is 0.297. The van der Waals surface area contributed by atoms with E-state index in [0.717, 1.165) is 28.3 Å². The molecule has 0 aliphatic heterocycles. The van der Waals surface area contributed by atoms with Gasteiger partial charge in [0, 0.05) is 95.2 Å². The quantitative estimate of drug-likeness (QED) is 0.0933. The van der Waals surface area contributed by atoms with Crippen molar-refractivity contribution in [2.75, 3.05) is 18.4 Å². The largest absolute Gasteiger partial charge is 0.490 e. The van der Waals surface area contributed by atoms with Gasteiger partial charge in [0.1, 0.15) is 17.1 Å². The van der Waals surface area contributed by atoms with E-state index in [1.54, 1.807) is 42.9 Å². The zero-order chi connectivity index (χ0) is 43.1. The third-order valence-corrected chi connectivity index (χ3v) is 9.22. The molecule has 2 aromatic carbocycles. The number of anilines is 1. The number of nitrogens with two attached hydrogens (primary N) is 2. The van der Waals surface area contributed by atoms with Crippen LogP contribution in [0.15, 0.2) is 73.3 Å². The van der Waals surface area contributed by atoms with E-state index in [2.05, 4.69) is 20.3 Å². The molecule has 310 valence electrons. The van der Waals surface area contributed by atoms with E-state index >= 15 is 0 Å². The maximum atomic E-state index is 11.7. The molecule has 0 saturated heterocycles. The van der Waals surface area contributed by atoms with Gasteiger partial charge in [0.15, 0.2) is 0 Å². The van der Waals surface area contributed by atoms with Gasteiger partial charge in [-0.2, -0.15) is 13.2 Å². The summed E-state index contributed by atoms with van der Waals surface area (Å²) in [6.45, 7) is 8.19. The van der Waals surface area contributed by atoms with Crippen molar-refractivity contribution < 1.29 is 33.0 Å². The van der Waals surface area contributed by atoms with E-state index in [-0.39, 0.29) is 12.1 Å². The Morgan fingerprint density at radius 2 is 1.33 bits per heavy atom. The van der Waals surface area contributed by atoms with Crippen LogP contribution in [0.25, 0.3) is 33.8 Å². The van der Waals surface area contributed by atoms with E-state index < -0.39 is 23.8 Å². The number of halogens is 7. The zero-order valence-corrected chi connectivity index (χ0v) is 34.4. The summed E-state index contributed by atoms with van der Waals surface area (Å²) in [5.41, 5.74) is 15.5. The number of imidazole rings is 2. The van der Waals surface area contributed by atoms with Crippen molar-refractivity contribution in [1.82, 2.24) is 33.6 Å². The minimum absolute atomic E-state index is 0.158. The number of hydrogen-bond acceptors (Lipinski definition) is 9. The number of benzene rings is 2. The highest BCUT2D eigenvalue weighted by atomic mass is 35.5. The molecule has 1 amide bonds. The van der Waals surface area contributed by atoms with E-state index in [1.165, 1.54) is 4.90 Å². The first kappa shape index (κ1) is 45.8. The van der Waals surface area contributed by atoms with Gasteiger partial charge in [0.25, 0.3) is 0 Å². The second-order valence-corrected chi connectivity index (χ2v) is 15.4. The van der Waals surface area contributed by atoms with E-state index in [1.807, 2.05) is 67.0 Å². The maximum Gasteiger partial charge on any atom is 0.490 e. The average molecular weight is 887 g/mol. The highest BCUT2D eigenvalue weighted by Crippen LogP contribution is 2.32. The predicted molar refractivity (Wildman–Crippen MR) is 219 cm³/mol. The number of carbonyl (C=O) groups is 2. The van der Waals surface area contributed by atoms with Gasteiger partial charge in [-0.3, -0.25) is 8.80 Å². The lowest BCUT2D eigenvalue weighted by Crippen LogP contribution is -2.49. The standard InChI is InChI=1S/C20H23Cl2N5O2.C15H15Cl2N5.C2HF3O2/c1-12(11-27(19(28)29)20(2,3)4)24-18-25-16(10-17-23-7-8-26(17)18)14-6-5-13(21)9-15(14)22;16-9-1-2-11(12(17)5-9)13-7-14-20-3-4-22(14)15(21-13)6-10(19)8-18;3-2(4,5)1(6)7/h5-10,12H,11H2,1-4H3,(H,24,25)(H,28,29);1-5,7,10H,6,8,18-19H2;(H,6,7). The van der Waals surface area contributed by atoms with Gasteiger partial charge in [-0.05, 0) is 64.1 Å². The lowest BCUT2D eigenvalue weighted by Gasteiger charge is -2.35. The van der Waals surface area contributed by atoms with E-state index in [0.29, 0.717) is 56.9 Å². The molecule has 0 aliphatic rings. The summed E-state index contributed by atoms with van der Waals surface area (Å²) in [5.74, 6) is -1.41. The van der Waals surface area contributed by atoms with Gasteiger partial charge in [0.05, 0.1) is 21.4 Å².